The highest BCUT2D eigenvalue weighted by atomic mass is 19.4. The van der Waals surface area contributed by atoms with E-state index in [0.717, 1.165) is 50.5 Å². The maximum atomic E-state index is 13.6. The van der Waals surface area contributed by atoms with E-state index in [9.17, 15) is 23.1 Å². The number of anilines is 1. The molecule has 0 radical (unpaired) electrons. The zero-order valence-corrected chi connectivity index (χ0v) is 21.5. The van der Waals surface area contributed by atoms with Gasteiger partial charge in [-0.05, 0) is 75.3 Å². The Morgan fingerprint density at radius 3 is 2.47 bits per heavy atom. The van der Waals surface area contributed by atoms with Gasteiger partial charge in [0.2, 0.25) is 5.91 Å². The number of aromatic nitrogens is 1. The zero-order chi connectivity index (χ0) is 26.5. The van der Waals surface area contributed by atoms with Gasteiger partial charge in [-0.25, -0.2) is 0 Å². The molecule has 2 unspecified atom stereocenters. The van der Waals surface area contributed by atoms with E-state index >= 15 is 0 Å². The van der Waals surface area contributed by atoms with E-state index in [1.165, 1.54) is 12.1 Å². The molecule has 4 fully saturated rings. The lowest BCUT2D eigenvalue weighted by Crippen LogP contribution is -2.47. The average molecular weight is 529 g/mol. The third-order valence-corrected chi connectivity index (χ3v) is 9.37. The zero-order valence-electron chi connectivity index (χ0n) is 21.5. The molecule has 6 rings (SSSR count). The van der Waals surface area contributed by atoms with E-state index in [4.69, 9.17) is 0 Å². The molecule has 1 saturated carbocycles. The first-order valence-corrected chi connectivity index (χ1v) is 13.9. The van der Waals surface area contributed by atoms with Crippen molar-refractivity contribution in [3.05, 3.63) is 59.9 Å². The second kappa shape index (κ2) is 9.83. The molecular weight excluding hydrogens is 493 g/mol. The summed E-state index contributed by atoms with van der Waals surface area (Å²) < 4.78 is 39.5. The SMILES string of the molecule is O=C(C1CCN(c2cccc(C(F)(F)F)c2)C1)N1CC[C@@H]2C1CCN2C1CCC(O)(c2ccccn2)CC1. The van der Waals surface area contributed by atoms with Crippen LogP contribution >= 0.6 is 0 Å². The number of aliphatic hydroxyl groups is 1. The smallest absolute Gasteiger partial charge is 0.384 e. The van der Waals surface area contributed by atoms with Crippen LogP contribution in [0.3, 0.4) is 0 Å². The summed E-state index contributed by atoms with van der Waals surface area (Å²) in [5.74, 6) is -0.0256. The summed E-state index contributed by atoms with van der Waals surface area (Å²) in [5, 5.41) is 11.2. The minimum atomic E-state index is -4.38. The van der Waals surface area contributed by atoms with Crippen molar-refractivity contribution in [3.8, 4) is 0 Å². The molecule has 3 atom stereocenters. The largest absolute Gasteiger partial charge is 0.416 e. The molecule has 2 aromatic rings. The van der Waals surface area contributed by atoms with Crippen LogP contribution in [0.15, 0.2) is 48.7 Å². The Morgan fingerprint density at radius 1 is 0.947 bits per heavy atom. The number of halogens is 3. The van der Waals surface area contributed by atoms with Crippen LogP contribution in [0.25, 0.3) is 0 Å². The van der Waals surface area contributed by atoms with E-state index in [-0.39, 0.29) is 17.9 Å². The van der Waals surface area contributed by atoms with E-state index in [1.807, 2.05) is 23.1 Å². The number of hydrogen-bond donors (Lipinski definition) is 1. The number of nitrogens with zero attached hydrogens (tertiary/aromatic N) is 4. The Hall–Kier alpha value is -2.65. The molecule has 3 aliphatic heterocycles. The van der Waals surface area contributed by atoms with E-state index in [2.05, 4.69) is 14.8 Å². The quantitative estimate of drug-likeness (QED) is 0.636. The average Bonchev–Trinajstić information content (AvgIpc) is 3.66. The fourth-order valence-electron chi connectivity index (χ4n) is 7.36. The summed E-state index contributed by atoms with van der Waals surface area (Å²) in [4.78, 5) is 24.5. The van der Waals surface area contributed by atoms with Gasteiger partial charge in [0, 0.05) is 56.2 Å². The predicted molar refractivity (Wildman–Crippen MR) is 137 cm³/mol. The number of fused-ring (bicyclic) bond motifs is 1. The summed E-state index contributed by atoms with van der Waals surface area (Å²) in [6.45, 7) is 2.77. The number of rotatable bonds is 4. The third kappa shape index (κ3) is 4.68. The van der Waals surface area contributed by atoms with Gasteiger partial charge in [0.15, 0.2) is 0 Å². The molecule has 4 aliphatic rings. The number of carbonyl (C=O) groups excluding carboxylic acids is 1. The molecule has 3 saturated heterocycles. The highest BCUT2D eigenvalue weighted by Crippen LogP contribution is 2.42. The number of alkyl halides is 3. The first kappa shape index (κ1) is 25.6. The van der Waals surface area contributed by atoms with Crippen LogP contribution < -0.4 is 4.90 Å². The van der Waals surface area contributed by atoms with Crippen LogP contribution in [-0.2, 0) is 16.6 Å². The molecule has 0 spiro atoms. The van der Waals surface area contributed by atoms with Gasteiger partial charge >= 0.3 is 6.18 Å². The predicted octanol–water partition coefficient (Wildman–Crippen LogP) is 4.43. The number of carbonyl (C=O) groups is 1. The van der Waals surface area contributed by atoms with Crippen molar-refractivity contribution >= 4 is 11.6 Å². The second-order valence-electron chi connectivity index (χ2n) is 11.4. The van der Waals surface area contributed by atoms with Crippen LogP contribution in [0.5, 0.6) is 0 Å². The fraction of sp³-hybridized carbons (Fsp3) is 0.586. The van der Waals surface area contributed by atoms with Gasteiger partial charge in [-0.15, -0.1) is 0 Å². The number of pyridine rings is 1. The lowest BCUT2D eigenvalue weighted by molar-refractivity contribution is -0.137. The molecule has 1 aromatic heterocycles. The lowest BCUT2D eigenvalue weighted by atomic mass is 9.79. The van der Waals surface area contributed by atoms with Gasteiger partial charge in [-0.1, -0.05) is 12.1 Å². The first-order valence-electron chi connectivity index (χ1n) is 13.9. The maximum absolute atomic E-state index is 13.6. The third-order valence-electron chi connectivity index (χ3n) is 9.37. The Balaban J connectivity index is 1.06. The summed E-state index contributed by atoms with van der Waals surface area (Å²) in [5.41, 5.74) is -0.224. The number of amides is 1. The molecule has 1 N–H and O–H groups in total. The normalized spacial score (nSPS) is 32.1. The summed E-state index contributed by atoms with van der Waals surface area (Å²) >= 11 is 0. The van der Waals surface area contributed by atoms with Crippen molar-refractivity contribution in [2.24, 2.45) is 5.92 Å². The van der Waals surface area contributed by atoms with Crippen LogP contribution in [0, 0.1) is 5.92 Å². The maximum Gasteiger partial charge on any atom is 0.416 e. The monoisotopic (exact) mass is 528 g/mol. The van der Waals surface area contributed by atoms with Gasteiger partial charge < -0.3 is 14.9 Å². The minimum Gasteiger partial charge on any atom is -0.384 e. The molecule has 1 amide bonds. The van der Waals surface area contributed by atoms with Crippen LogP contribution in [-0.4, -0.2) is 70.1 Å². The highest BCUT2D eigenvalue weighted by molar-refractivity contribution is 5.81. The van der Waals surface area contributed by atoms with Crippen molar-refractivity contribution in [3.63, 3.8) is 0 Å². The van der Waals surface area contributed by atoms with Crippen molar-refractivity contribution in [1.29, 1.82) is 0 Å². The number of likely N-dealkylation sites (tertiary alicyclic amines) is 2. The van der Waals surface area contributed by atoms with Crippen LogP contribution in [0.2, 0.25) is 0 Å². The number of hydrogen-bond acceptors (Lipinski definition) is 5. The Labute approximate surface area is 221 Å². The molecule has 0 bridgehead atoms. The van der Waals surface area contributed by atoms with Crippen molar-refractivity contribution in [2.75, 3.05) is 31.1 Å². The Bertz CT molecular complexity index is 1150. The minimum absolute atomic E-state index is 0.155. The number of benzene rings is 1. The first-order chi connectivity index (χ1) is 18.2. The molecule has 204 valence electrons. The van der Waals surface area contributed by atoms with Gasteiger partial charge in [0.1, 0.15) is 5.60 Å². The molecule has 38 heavy (non-hydrogen) atoms. The molecular formula is C29H35F3N4O2. The standard InChI is InChI=1S/C29H35F3N4O2/c30-29(31,32)21-4-3-5-23(18-21)34-15-9-20(19-34)27(37)36-17-11-24-25(36)10-16-35(24)22-7-12-28(38,13-8-22)26-6-1-2-14-33-26/h1-6,14,18,20,22,24-25,38H,7-13,15-17,19H2/t20?,22?,24-,25?,28?/m1/s1. The van der Waals surface area contributed by atoms with Gasteiger partial charge in [0.25, 0.3) is 0 Å². The molecule has 4 heterocycles. The lowest BCUT2D eigenvalue weighted by Gasteiger charge is -2.41. The van der Waals surface area contributed by atoms with Crippen LogP contribution in [0.4, 0.5) is 18.9 Å². The Morgan fingerprint density at radius 2 is 1.74 bits per heavy atom. The van der Waals surface area contributed by atoms with Gasteiger partial charge in [-0.2, -0.15) is 13.2 Å². The van der Waals surface area contributed by atoms with E-state index in [0.29, 0.717) is 50.1 Å². The van der Waals surface area contributed by atoms with Crippen molar-refractivity contribution in [2.45, 2.75) is 74.8 Å². The Kier molecular flexibility index (Phi) is 6.63. The van der Waals surface area contributed by atoms with Gasteiger partial charge in [-0.3, -0.25) is 14.7 Å². The molecule has 6 nitrogen and oxygen atoms in total. The second-order valence-corrected chi connectivity index (χ2v) is 11.4. The van der Waals surface area contributed by atoms with Gasteiger partial charge in [0.05, 0.1) is 17.2 Å². The van der Waals surface area contributed by atoms with Crippen molar-refractivity contribution in [1.82, 2.24) is 14.8 Å². The summed E-state index contributed by atoms with van der Waals surface area (Å²) in [7, 11) is 0. The van der Waals surface area contributed by atoms with E-state index < -0.39 is 17.3 Å². The molecule has 9 heteroatoms. The van der Waals surface area contributed by atoms with Crippen LogP contribution in [0.1, 0.15) is 56.2 Å². The van der Waals surface area contributed by atoms with E-state index in [1.54, 1.807) is 12.3 Å². The molecule has 1 aromatic carbocycles. The highest BCUT2D eigenvalue weighted by Gasteiger charge is 2.49. The van der Waals surface area contributed by atoms with Crippen molar-refractivity contribution < 1.29 is 23.1 Å². The molecule has 1 aliphatic carbocycles. The summed E-state index contributed by atoms with van der Waals surface area (Å²) in [6.07, 6.45) is 3.16. The summed E-state index contributed by atoms with van der Waals surface area (Å²) in [6, 6.07) is 12.1. The topological polar surface area (TPSA) is 59.9 Å². The fourth-order valence-corrected chi connectivity index (χ4v) is 7.36.